The highest BCUT2D eigenvalue weighted by Gasteiger charge is 2.31. The van der Waals surface area contributed by atoms with Crippen molar-refractivity contribution in [2.45, 2.75) is 6.36 Å². The first-order valence-electron chi connectivity index (χ1n) is 10.6. The van der Waals surface area contributed by atoms with Crippen LogP contribution in [0.15, 0.2) is 36.7 Å². The smallest absolute Gasteiger partial charge is 0.486 e. The molecular weight excluding hydrogens is 455 g/mol. The van der Waals surface area contributed by atoms with Gasteiger partial charge >= 0.3 is 6.36 Å². The summed E-state index contributed by atoms with van der Waals surface area (Å²) in [5, 5.41) is 16.3. The Morgan fingerprint density at radius 3 is 2.74 bits per heavy atom. The van der Waals surface area contributed by atoms with Gasteiger partial charge in [0, 0.05) is 38.1 Å². The average molecular weight is 477 g/mol. The number of morpholine rings is 1. The van der Waals surface area contributed by atoms with Gasteiger partial charge in [0.2, 0.25) is 5.65 Å². The molecule has 2 aromatic heterocycles. The highest BCUT2D eigenvalue weighted by molar-refractivity contribution is 5.82. The molecule has 1 saturated heterocycles. The van der Waals surface area contributed by atoms with Crippen molar-refractivity contribution in [1.82, 2.24) is 24.7 Å². The zero-order valence-corrected chi connectivity index (χ0v) is 18.2. The van der Waals surface area contributed by atoms with E-state index in [-0.39, 0.29) is 11.6 Å². The van der Waals surface area contributed by atoms with Crippen LogP contribution in [-0.4, -0.2) is 77.6 Å². The van der Waals surface area contributed by atoms with E-state index in [2.05, 4.69) is 30.2 Å². The van der Waals surface area contributed by atoms with E-state index in [0.717, 1.165) is 18.8 Å². The SMILES string of the molecule is CN1CCOc2c1c(N/C=C/N1CCOCC1)nn1c(-c3cccc(OC(F)(F)F)c3)nnc21. The van der Waals surface area contributed by atoms with Gasteiger partial charge in [-0.3, -0.25) is 0 Å². The molecule has 0 amide bonds. The van der Waals surface area contributed by atoms with E-state index < -0.39 is 6.36 Å². The number of hydrogen-bond donors (Lipinski definition) is 1. The molecule has 3 aromatic rings. The number of anilines is 2. The second kappa shape index (κ2) is 8.89. The van der Waals surface area contributed by atoms with Gasteiger partial charge in [0.1, 0.15) is 18.0 Å². The Balaban J connectivity index is 1.54. The largest absolute Gasteiger partial charge is 0.573 e. The Morgan fingerprint density at radius 1 is 1.12 bits per heavy atom. The van der Waals surface area contributed by atoms with Gasteiger partial charge in [-0.05, 0) is 12.1 Å². The Bertz CT molecular complexity index is 1210. The maximum atomic E-state index is 12.7. The first-order chi connectivity index (χ1) is 16.4. The minimum absolute atomic E-state index is 0.252. The van der Waals surface area contributed by atoms with Gasteiger partial charge in [-0.2, -0.15) is 4.52 Å². The number of halogens is 3. The minimum Gasteiger partial charge on any atom is -0.486 e. The molecule has 0 bridgehead atoms. The third-order valence-electron chi connectivity index (χ3n) is 5.41. The molecule has 0 saturated carbocycles. The molecule has 34 heavy (non-hydrogen) atoms. The van der Waals surface area contributed by atoms with E-state index in [0.29, 0.717) is 49.1 Å². The first-order valence-corrected chi connectivity index (χ1v) is 10.6. The highest BCUT2D eigenvalue weighted by atomic mass is 19.4. The number of rotatable bonds is 5. The maximum absolute atomic E-state index is 12.7. The summed E-state index contributed by atoms with van der Waals surface area (Å²) in [7, 11) is 1.92. The number of alkyl halides is 3. The van der Waals surface area contributed by atoms with E-state index in [1.165, 1.54) is 22.7 Å². The number of aromatic nitrogens is 4. The topological polar surface area (TPSA) is 89.3 Å². The normalized spacial score (nSPS) is 16.6. The Kier molecular flexibility index (Phi) is 5.77. The summed E-state index contributed by atoms with van der Waals surface area (Å²) in [6.07, 6.45) is -1.09. The molecule has 0 atom stereocenters. The van der Waals surface area contributed by atoms with Gasteiger partial charge in [-0.25, -0.2) is 0 Å². The lowest BCUT2D eigenvalue weighted by Gasteiger charge is -2.29. The summed E-state index contributed by atoms with van der Waals surface area (Å²) in [6, 6.07) is 5.52. The number of fused-ring (bicyclic) bond motifs is 3. The molecule has 1 aromatic carbocycles. The van der Waals surface area contributed by atoms with Crippen LogP contribution in [0.3, 0.4) is 0 Å². The fourth-order valence-corrected chi connectivity index (χ4v) is 3.82. The Morgan fingerprint density at radius 2 is 1.94 bits per heavy atom. The van der Waals surface area contributed by atoms with Crippen molar-refractivity contribution >= 4 is 17.2 Å². The van der Waals surface area contributed by atoms with Gasteiger partial charge < -0.3 is 29.3 Å². The molecule has 0 spiro atoms. The molecule has 4 heterocycles. The summed E-state index contributed by atoms with van der Waals surface area (Å²) in [5.41, 5.74) is 1.44. The maximum Gasteiger partial charge on any atom is 0.573 e. The lowest BCUT2D eigenvalue weighted by molar-refractivity contribution is -0.274. The fourth-order valence-electron chi connectivity index (χ4n) is 3.82. The van der Waals surface area contributed by atoms with Gasteiger partial charge in [0.05, 0.1) is 19.8 Å². The van der Waals surface area contributed by atoms with Gasteiger partial charge in [-0.15, -0.1) is 28.5 Å². The first kappa shape index (κ1) is 22.1. The highest BCUT2D eigenvalue weighted by Crippen LogP contribution is 2.40. The summed E-state index contributed by atoms with van der Waals surface area (Å²) in [6.45, 7) is 4.02. The van der Waals surface area contributed by atoms with Crippen molar-refractivity contribution in [2.24, 2.45) is 0 Å². The average Bonchev–Trinajstić information content (AvgIpc) is 3.23. The molecule has 1 fully saturated rings. The summed E-state index contributed by atoms with van der Waals surface area (Å²) in [4.78, 5) is 4.13. The molecule has 0 unspecified atom stereocenters. The van der Waals surface area contributed by atoms with E-state index in [9.17, 15) is 13.2 Å². The molecule has 180 valence electrons. The van der Waals surface area contributed by atoms with Crippen molar-refractivity contribution in [3.05, 3.63) is 36.7 Å². The molecule has 5 rings (SSSR count). The third kappa shape index (κ3) is 4.51. The number of nitrogens with zero attached hydrogens (tertiary/aromatic N) is 6. The fraction of sp³-hybridized carbons (Fsp3) is 0.381. The molecule has 2 aliphatic rings. The lowest BCUT2D eigenvalue weighted by atomic mass is 10.2. The monoisotopic (exact) mass is 477 g/mol. The third-order valence-corrected chi connectivity index (χ3v) is 5.41. The zero-order chi connectivity index (χ0) is 23.7. The van der Waals surface area contributed by atoms with Crippen molar-refractivity contribution in [1.29, 1.82) is 0 Å². The van der Waals surface area contributed by atoms with Crippen LogP contribution in [0.4, 0.5) is 24.7 Å². The zero-order valence-electron chi connectivity index (χ0n) is 18.2. The molecule has 1 N–H and O–H groups in total. The van der Waals surface area contributed by atoms with Crippen LogP contribution in [0.2, 0.25) is 0 Å². The second-order valence-corrected chi connectivity index (χ2v) is 7.74. The predicted octanol–water partition coefficient (Wildman–Crippen LogP) is 2.73. The molecule has 0 aliphatic carbocycles. The number of hydrogen-bond acceptors (Lipinski definition) is 9. The van der Waals surface area contributed by atoms with Crippen LogP contribution in [0.25, 0.3) is 17.0 Å². The van der Waals surface area contributed by atoms with Crippen molar-refractivity contribution in [3.63, 3.8) is 0 Å². The van der Waals surface area contributed by atoms with Crippen LogP contribution in [0.1, 0.15) is 0 Å². The second-order valence-electron chi connectivity index (χ2n) is 7.74. The summed E-state index contributed by atoms with van der Waals surface area (Å²) in [5.74, 6) is 0.885. The summed E-state index contributed by atoms with van der Waals surface area (Å²) >= 11 is 0. The predicted molar refractivity (Wildman–Crippen MR) is 117 cm³/mol. The van der Waals surface area contributed by atoms with Crippen molar-refractivity contribution in [3.8, 4) is 22.9 Å². The van der Waals surface area contributed by atoms with Gasteiger partial charge in [0.25, 0.3) is 0 Å². The van der Waals surface area contributed by atoms with Crippen LogP contribution >= 0.6 is 0 Å². The molecule has 13 heteroatoms. The van der Waals surface area contributed by atoms with Crippen LogP contribution in [-0.2, 0) is 4.74 Å². The van der Waals surface area contributed by atoms with Crippen LogP contribution < -0.4 is 19.7 Å². The summed E-state index contributed by atoms with van der Waals surface area (Å²) < 4.78 is 54.8. The van der Waals surface area contributed by atoms with E-state index in [1.54, 1.807) is 12.3 Å². The molecular formula is C21H22F3N7O3. The molecule has 10 nitrogen and oxygen atoms in total. The number of benzene rings is 1. The van der Waals surface area contributed by atoms with Crippen LogP contribution in [0, 0.1) is 0 Å². The van der Waals surface area contributed by atoms with Gasteiger partial charge in [0.15, 0.2) is 17.4 Å². The van der Waals surface area contributed by atoms with E-state index in [1.807, 2.05) is 18.1 Å². The van der Waals surface area contributed by atoms with Crippen molar-refractivity contribution in [2.75, 3.05) is 56.7 Å². The van der Waals surface area contributed by atoms with Crippen molar-refractivity contribution < 1.29 is 27.4 Å². The quantitative estimate of drug-likeness (QED) is 0.596. The molecule has 2 aliphatic heterocycles. The Hall–Kier alpha value is -3.74. The van der Waals surface area contributed by atoms with E-state index >= 15 is 0 Å². The minimum atomic E-state index is -4.80. The Labute approximate surface area is 192 Å². The number of likely N-dealkylation sites (N-methyl/N-ethyl adjacent to an activating group) is 1. The standard InChI is InChI=1S/C21H22F3N7O3/c1-29-7-12-33-17-16(29)18(25-5-6-30-8-10-32-11-9-30)28-31-19(26-27-20(17)31)14-3-2-4-15(13-14)34-21(22,23)24/h2-6,13H,7-12H2,1H3,(H,25,28)/b6-5+. The number of ether oxygens (including phenoxy) is 3. The number of nitrogens with one attached hydrogen (secondary N) is 1. The lowest BCUT2D eigenvalue weighted by Crippen LogP contribution is -2.32. The van der Waals surface area contributed by atoms with Crippen LogP contribution in [0.5, 0.6) is 11.5 Å². The van der Waals surface area contributed by atoms with E-state index in [4.69, 9.17) is 9.47 Å². The van der Waals surface area contributed by atoms with Gasteiger partial charge in [-0.1, -0.05) is 12.1 Å². The molecule has 0 radical (unpaired) electrons.